The van der Waals surface area contributed by atoms with E-state index >= 15 is 0 Å². The van der Waals surface area contributed by atoms with Gasteiger partial charge in [0.25, 0.3) is 5.91 Å². The molecule has 0 unspecified atom stereocenters. The van der Waals surface area contributed by atoms with Gasteiger partial charge in [-0.15, -0.1) is 10.2 Å². The van der Waals surface area contributed by atoms with Crippen molar-refractivity contribution in [3.63, 3.8) is 0 Å². The third-order valence-electron chi connectivity index (χ3n) is 4.92. The number of rotatable bonds is 11. The highest BCUT2D eigenvalue weighted by Crippen LogP contribution is 2.18. The molecule has 7 nitrogen and oxygen atoms in total. The molecular weight excluding hydrogens is 424 g/mol. The Balaban J connectivity index is 1.36. The van der Waals surface area contributed by atoms with Crippen molar-refractivity contribution in [2.75, 3.05) is 12.4 Å². The number of ether oxygens (including phenoxy) is 1. The molecule has 0 bridgehead atoms. The van der Waals surface area contributed by atoms with E-state index in [1.165, 1.54) is 16.9 Å². The summed E-state index contributed by atoms with van der Waals surface area (Å²) in [6, 6.07) is 17.4. The van der Waals surface area contributed by atoms with Crippen molar-refractivity contribution >= 4 is 28.8 Å². The van der Waals surface area contributed by atoms with Crippen molar-refractivity contribution < 1.29 is 14.3 Å². The van der Waals surface area contributed by atoms with Gasteiger partial charge >= 0.3 is 0 Å². The van der Waals surface area contributed by atoms with Gasteiger partial charge < -0.3 is 15.4 Å². The molecule has 0 radical (unpaired) electrons. The van der Waals surface area contributed by atoms with Gasteiger partial charge in [-0.25, -0.2) is 0 Å². The van der Waals surface area contributed by atoms with Gasteiger partial charge in [0.15, 0.2) is 0 Å². The van der Waals surface area contributed by atoms with Crippen molar-refractivity contribution in [1.82, 2.24) is 15.5 Å². The SMILES string of the molecule is COc1ccc(NC(=O)c2nnc(CCCC(=O)N[C@H](C)CCc3ccccc3)s2)cc1. The van der Waals surface area contributed by atoms with Gasteiger partial charge in [0.2, 0.25) is 10.9 Å². The van der Waals surface area contributed by atoms with Crippen LogP contribution in [0.15, 0.2) is 54.6 Å². The molecule has 1 heterocycles. The van der Waals surface area contributed by atoms with E-state index in [2.05, 4.69) is 33.0 Å². The molecule has 2 N–H and O–H groups in total. The predicted molar refractivity (Wildman–Crippen MR) is 126 cm³/mol. The number of carbonyl (C=O) groups is 2. The summed E-state index contributed by atoms with van der Waals surface area (Å²) in [5.74, 6) is 0.451. The molecule has 0 saturated carbocycles. The second-order valence-electron chi connectivity index (χ2n) is 7.53. The first kappa shape index (κ1) is 23.4. The monoisotopic (exact) mass is 452 g/mol. The molecule has 0 aliphatic rings. The Morgan fingerprint density at radius 3 is 2.50 bits per heavy atom. The molecule has 1 aromatic heterocycles. The summed E-state index contributed by atoms with van der Waals surface area (Å²) < 4.78 is 5.11. The summed E-state index contributed by atoms with van der Waals surface area (Å²) in [6.45, 7) is 2.03. The molecule has 0 saturated heterocycles. The van der Waals surface area contributed by atoms with Crippen LogP contribution in [0.4, 0.5) is 5.69 Å². The molecule has 3 aromatic rings. The maximum atomic E-state index is 12.4. The topological polar surface area (TPSA) is 93.2 Å². The van der Waals surface area contributed by atoms with Crippen molar-refractivity contribution in [1.29, 1.82) is 0 Å². The predicted octanol–water partition coefficient (Wildman–Crippen LogP) is 4.26. The Bertz CT molecular complexity index is 1010. The van der Waals surface area contributed by atoms with Crippen LogP contribution < -0.4 is 15.4 Å². The normalized spacial score (nSPS) is 11.6. The van der Waals surface area contributed by atoms with Crippen molar-refractivity contribution in [2.24, 2.45) is 0 Å². The maximum Gasteiger partial charge on any atom is 0.286 e. The van der Waals surface area contributed by atoms with Crippen LogP contribution in [0.1, 0.15) is 46.6 Å². The summed E-state index contributed by atoms with van der Waals surface area (Å²) >= 11 is 1.25. The molecular formula is C24H28N4O3S. The van der Waals surface area contributed by atoms with Gasteiger partial charge in [0.1, 0.15) is 10.8 Å². The lowest BCUT2D eigenvalue weighted by Gasteiger charge is -2.13. The summed E-state index contributed by atoms with van der Waals surface area (Å²) in [5.41, 5.74) is 1.93. The number of aryl methyl sites for hydroxylation is 2. The smallest absolute Gasteiger partial charge is 0.286 e. The molecule has 0 fully saturated rings. The van der Waals surface area contributed by atoms with Crippen molar-refractivity contribution in [3.8, 4) is 5.75 Å². The van der Waals surface area contributed by atoms with E-state index in [1.807, 2.05) is 25.1 Å². The summed E-state index contributed by atoms with van der Waals surface area (Å²) in [7, 11) is 1.59. The average molecular weight is 453 g/mol. The molecule has 0 aliphatic heterocycles. The second kappa shape index (κ2) is 12.0. The Labute approximate surface area is 192 Å². The van der Waals surface area contributed by atoms with E-state index in [-0.39, 0.29) is 17.9 Å². The van der Waals surface area contributed by atoms with Crippen LogP contribution in [0.25, 0.3) is 0 Å². The highest BCUT2D eigenvalue weighted by molar-refractivity contribution is 7.13. The Hall–Kier alpha value is -3.26. The van der Waals surface area contributed by atoms with Gasteiger partial charge in [-0.2, -0.15) is 0 Å². The fraction of sp³-hybridized carbons (Fsp3) is 0.333. The number of aromatic nitrogens is 2. The van der Waals surface area contributed by atoms with E-state index in [1.54, 1.807) is 31.4 Å². The number of hydrogen-bond acceptors (Lipinski definition) is 6. The van der Waals surface area contributed by atoms with E-state index in [4.69, 9.17) is 4.74 Å². The number of nitrogens with zero attached hydrogens (tertiary/aromatic N) is 2. The van der Waals surface area contributed by atoms with E-state index in [0.29, 0.717) is 30.0 Å². The first-order valence-electron chi connectivity index (χ1n) is 10.6. The minimum absolute atomic E-state index is 0.0348. The third kappa shape index (κ3) is 7.46. The van der Waals surface area contributed by atoms with Gasteiger partial charge in [0, 0.05) is 24.6 Å². The zero-order valence-corrected chi connectivity index (χ0v) is 19.2. The van der Waals surface area contributed by atoms with Crippen molar-refractivity contribution in [3.05, 3.63) is 70.2 Å². The highest BCUT2D eigenvalue weighted by Gasteiger charge is 2.14. The lowest BCUT2D eigenvalue weighted by molar-refractivity contribution is -0.121. The number of carbonyl (C=O) groups excluding carboxylic acids is 2. The van der Waals surface area contributed by atoms with Crippen LogP contribution in [-0.4, -0.2) is 35.2 Å². The first-order valence-corrected chi connectivity index (χ1v) is 11.5. The highest BCUT2D eigenvalue weighted by atomic mass is 32.1. The molecule has 0 spiro atoms. The van der Waals surface area contributed by atoms with Crippen LogP contribution in [0.3, 0.4) is 0 Å². The Morgan fingerprint density at radius 1 is 1.03 bits per heavy atom. The average Bonchev–Trinajstić information content (AvgIpc) is 3.28. The van der Waals surface area contributed by atoms with E-state index in [9.17, 15) is 9.59 Å². The molecule has 0 aliphatic carbocycles. The first-order chi connectivity index (χ1) is 15.5. The number of anilines is 1. The lowest BCUT2D eigenvalue weighted by Crippen LogP contribution is -2.32. The number of methoxy groups -OCH3 is 1. The lowest BCUT2D eigenvalue weighted by atomic mass is 10.1. The van der Waals surface area contributed by atoms with E-state index in [0.717, 1.165) is 23.6 Å². The summed E-state index contributed by atoms with van der Waals surface area (Å²) in [6.07, 6.45) is 3.53. The molecule has 8 heteroatoms. The third-order valence-corrected chi connectivity index (χ3v) is 5.90. The van der Waals surface area contributed by atoms with Gasteiger partial charge in [-0.3, -0.25) is 9.59 Å². The van der Waals surface area contributed by atoms with Gasteiger partial charge in [-0.1, -0.05) is 41.7 Å². The second-order valence-corrected chi connectivity index (χ2v) is 8.59. The van der Waals surface area contributed by atoms with Gasteiger partial charge in [-0.05, 0) is 56.0 Å². The molecule has 2 amide bonds. The van der Waals surface area contributed by atoms with Crippen LogP contribution >= 0.6 is 11.3 Å². The molecule has 2 aromatic carbocycles. The van der Waals surface area contributed by atoms with Crippen molar-refractivity contribution in [2.45, 2.75) is 45.1 Å². The van der Waals surface area contributed by atoms with Crippen LogP contribution in [0, 0.1) is 0 Å². The summed E-state index contributed by atoms with van der Waals surface area (Å²) in [5, 5.41) is 14.9. The largest absolute Gasteiger partial charge is 0.497 e. The molecule has 32 heavy (non-hydrogen) atoms. The summed E-state index contributed by atoms with van der Waals surface area (Å²) in [4.78, 5) is 24.6. The quantitative estimate of drug-likeness (QED) is 0.453. The zero-order valence-electron chi connectivity index (χ0n) is 18.3. The Kier molecular flexibility index (Phi) is 8.74. The number of hydrogen-bond donors (Lipinski definition) is 2. The van der Waals surface area contributed by atoms with Crippen LogP contribution in [-0.2, 0) is 17.6 Å². The minimum Gasteiger partial charge on any atom is -0.497 e. The van der Waals surface area contributed by atoms with Crippen LogP contribution in [0.2, 0.25) is 0 Å². The maximum absolute atomic E-state index is 12.4. The fourth-order valence-corrected chi connectivity index (χ4v) is 3.93. The van der Waals surface area contributed by atoms with E-state index < -0.39 is 0 Å². The molecule has 1 atom stereocenters. The fourth-order valence-electron chi connectivity index (χ4n) is 3.15. The number of amides is 2. The molecule has 168 valence electrons. The van der Waals surface area contributed by atoms with Crippen LogP contribution in [0.5, 0.6) is 5.75 Å². The minimum atomic E-state index is -0.302. The number of benzene rings is 2. The zero-order chi connectivity index (χ0) is 22.8. The standard InChI is InChI=1S/C24H28N4O3S/c1-17(11-12-18-7-4-3-5-8-18)25-21(29)9-6-10-22-27-28-24(32-22)23(30)26-19-13-15-20(31-2)16-14-19/h3-5,7-8,13-17H,6,9-12H2,1-2H3,(H,25,29)(H,26,30)/t17-/m1/s1. The number of nitrogens with one attached hydrogen (secondary N) is 2. The van der Waals surface area contributed by atoms with Gasteiger partial charge in [0.05, 0.1) is 7.11 Å². The Morgan fingerprint density at radius 2 is 1.78 bits per heavy atom. The molecule has 3 rings (SSSR count).